The molecule has 0 aliphatic carbocycles. The Kier molecular flexibility index (Phi) is 7.03. The third-order valence-electron chi connectivity index (χ3n) is 1.21. The van der Waals surface area contributed by atoms with Crippen molar-refractivity contribution in [1.82, 2.24) is 0 Å². The molecule has 0 spiro atoms. The summed E-state index contributed by atoms with van der Waals surface area (Å²) in [6, 6.07) is 0. The largest absolute Gasteiger partial charge is 0.508 e. The third kappa shape index (κ3) is 6.61. The molecule has 0 bridgehead atoms. The molecule has 0 aromatic rings. The van der Waals surface area contributed by atoms with Gasteiger partial charge in [-0.25, -0.2) is 4.79 Å². The van der Waals surface area contributed by atoms with Crippen molar-refractivity contribution in [1.29, 1.82) is 0 Å². The average molecular weight is 210 g/mol. The smallest absolute Gasteiger partial charge is 0.431 e. The summed E-state index contributed by atoms with van der Waals surface area (Å²) in [6.07, 6.45) is -3.37. The molecule has 0 fully saturated rings. The van der Waals surface area contributed by atoms with Gasteiger partial charge in [-0.1, -0.05) is 0 Å². The molecule has 0 aliphatic rings. The van der Waals surface area contributed by atoms with Crippen molar-refractivity contribution in [3.05, 3.63) is 0 Å². The van der Waals surface area contributed by atoms with Gasteiger partial charge in [0.05, 0.1) is 13.2 Å². The summed E-state index contributed by atoms with van der Waals surface area (Å²) in [4.78, 5) is 10.7. The van der Waals surface area contributed by atoms with Crippen molar-refractivity contribution in [2.24, 2.45) is 0 Å². The number of aliphatic hydroxyl groups is 4. The summed E-state index contributed by atoms with van der Waals surface area (Å²) in [5.74, 6) is 0. The van der Waals surface area contributed by atoms with Crippen molar-refractivity contribution >= 4 is 6.16 Å². The van der Waals surface area contributed by atoms with Gasteiger partial charge in [-0.2, -0.15) is 0 Å². The number of hydrogen-bond acceptors (Lipinski definition) is 7. The molecule has 7 heteroatoms. The summed E-state index contributed by atoms with van der Waals surface area (Å²) >= 11 is 0. The number of rotatable bonds is 6. The Morgan fingerprint density at radius 2 is 1.36 bits per heavy atom. The molecule has 14 heavy (non-hydrogen) atoms. The van der Waals surface area contributed by atoms with Gasteiger partial charge in [0.25, 0.3) is 0 Å². The number of aliphatic hydroxyl groups excluding tert-OH is 4. The Bertz CT molecular complexity index is 144. The first-order valence-corrected chi connectivity index (χ1v) is 3.97. The lowest BCUT2D eigenvalue weighted by atomic mass is 10.4. The van der Waals surface area contributed by atoms with E-state index in [4.69, 9.17) is 20.4 Å². The Morgan fingerprint density at radius 3 is 1.64 bits per heavy atom. The molecule has 7 nitrogen and oxygen atoms in total. The maximum absolute atomic E-state index is 10.7. The van der Waals surface area contributed by atoms with Gasteiger partial charge >= 0.3 is 6.16 Å². The molecule has 0 radical (unpaired) electrons. The fraction of sp³-hybridized carbons (Fsp3) is 0.857. The molecule has 0 aromatic heterocycles. The van der Waals surface area contributed by atoms with E-state index < -0.39 is 31.6 Å². The van der Waals surface area contributed by atoms with Crippen LogP contribution in [0.15, 0.2) is 0 Å². The lowest BCUT2D eigenvalue weighted by Crippen LogP contribution is -2.25. The Hall–Kier alpha value is -0.890. The SMILES string of the molecule is O=C(OC[C@@H](O)CO)OC[C@@H](O)CO. The highest BCUT2D eigenvalue weighted by molar-refractivity contribution is 5.59. The highest BCUT2D eigenvalue weighted by Gasteiger charge is 2.10. The minimum absolute atomic E-state index is 0.384. The number of carbonyl (C=O) groups excluding carboxylic acids is 1. The topological polar surface area (TPSA) is 116 Å². The molecule has 0 unspecified atom stereocenters. The van der Waals surface area contributed by atoms with Crippen LogP contribution < -0.4 is 0 Å². The zero-order valence-corrected chi connectivity index (χ0v) is 7.50. The second kappa shape index (κ2) is 7.51. The van der Waals surface area contributed by atoms with Crippen molar-refractivity contribution in [3.8, 4) is 0 Å². The summed E-state index contributed by atoms with van der Waals surface area (Å²) in [5, 5.41) is 34.2. The van der Waals surface area contributed by atoms with E-state index in [1.54, 1.807) is 0 Å². The molecule has 0 saturated heterocycles. The van der Waals surface area contributed by atoms with E-state index in [1.807, 2.05) is 0 Å². The molecular formula is C7H14O7. The van der Waals surface area contributed by atoms with E-state index in [2.05, 4.69) is 9.47 Å². The van der Waals surface area contributed by atoms with Gasteiger partial charge in [-0.3, -0.25) is 0 Å². The van der Waals surface area contributed by atoms with E-state index in [-0.39, 0.29) is 13.2 Å². The fourth-order valence-electron chi connectivity index (χ4n) is 0.476. The number of carbonyl (C=O) groups is 1. The van der Waals surface area contributed by atoms with Crippen molar-refractivity contribution in [3.63, 3.8) is 0 Å². The molecule has 0 aliphatic heterocycles. The van der Waals surface area contributed by atoms with Crippen LogP contribution in [-0.4, -0.2) is 65.2 Å². The van der Waals surface area contributed by atoms with E-state index >= 15 is 0 Å². The molecule has 0 saturated carbocycles. The lowest BCUT2D eigenvalue weighted by Gasteiger charge is -2.10. The summed E-state index contributed by atoms with van der Waals surface area (Å²) < 4.78 is 8.65. The monoisotopic (exact) mass is 210 g/mol. The average Bonchev–Trinajstić information content (AvgIpc) is 2.22. The van der Waals surface area contributed by atoms with Crippen LogP contribution in [-0.2, 0) is 9.47 Å². The Labute approximate surface area is 80.5 Å². The second-order valence-corrected chi connectivity index (χ2v) is 2.54. The Balaban J connectivity index is 3.46. The van der Waals surface area contributed by atoms with Gasteiger partial charge in [0.2, 0.25) is 0 Å². The maximum atomic E-state index is 10.7. The minimum atomic E-state index is -1.15. The fourth-order valence-corrected chi connectivity index (χ4v) is 0.476. The van der Waals surface area contributed by atoms with Gasteiger partial charge in [0, 0.05) is 0 Å². The predicted molar refractivity (Wildman–Crippen MR) is 43.5 cm³/mol. The van der Waals surface area contributed by atoms with E-state index in [1.165, 1.54) is 0 Å². The van der Waals surface area contributed by atoms with Crippen LogP contribution in [0.1, 0.15) is 0 Å². The summed E-state index contributed by atoms with van der Waals surface area (Å²) in [7, 11) is 0. The Morgan fingerprint density at radius 1 is 1.00 bits per heavy atom. The molecule has 84 valence electrons. The minimum Gasteiger partial charge on any atom is -0.431 e. The van der Waals surface area contributed by atoms with Crippen LogP contribution in [0.3, 0.4) is 0 Å². The van der Waals surface area contributed by atoms with Gasteiger partial charge in [-0.15, -0.1) is 0 Å². The van der Waals surface area contributed by atoms with Crippen LogP contribution in [0.2, 0.25) is 0 Å². The number of ether oxygens (including phenoxy) is 2. The first-order chi connectivity index (χ1) is 6.60. The molecule has 0 heterocycles. The molecule has 0 aromatic carbocycles. The molecule has 0 rings (SSSR count). The summed E-state index contributed by atoms with van der Waals surface area (Å²) in [5.41, 5.74) is 0. The number of hydrogen-bond donors (Lipinski definition) is 4. The van der Waals surface area contributed by atoms with Crippen LogP contribution >= 0.6 is 0 Å². The molecular weight excluding hydrogens is 196 g/mol. The van der Waals surface area contributed by atoms with Crippen molar-refractivity contribution in [2.45, 2.75) is 12.2 Å². The van der Waals surface area contributed by atoms with Crippen LogP contribution in [0.5, 0.6) is 0 Å². The quantitative estimate of drug-likeness (QED) is 0.369. The van der Waals surface area contributed by atoms with Crippen LogP contribution in [0.4, 0.5) is 4.79 Å². The van der Waals surface area contributed by atoms with Crippen LogP contribution in [0.25, 0.3) is 0 Å². The van der Waals surface area contributed by atoms with E-state index in [0.717, 1.165) is 0 Å². The summed E-state index contributed by atoms with van der Waals surface area (Å²) in [6.45, 7) is -1.81. The maximum Gasteiger partial charge on any atom is 0.508 e. The van der Waals surface area contributed by atoms with E-state index in [0.29, 0.717) is 0 Å². The lowest BCUT2D eigenvalue weighted by molar-refractivity contribution is -0.0215. The first-order valence-electron chi connectivity index (χ1n) is 3.97. The highest BCUT2D eigenvalue weighted by Crippen LogP contribution is 1.91. The first kappa shape index (κ1) is 13.1. The normalized spacial score (nSPS) is 14.6. The van der Waals surface area contributed by atoms with Crippen molar-refractivity contribution in [2.75, 3.05) is 26.4 Å². The van der Waals surface area contributed by atoms with Gasteiger partial charge in [0.15, 0.2) is 0 Å². The molecule has 0 amide bonds. The van der Waals surface area contributed by atoms with E-state index in [9.17, 15) is 4.79 Å². The zero-order chi connectivity index (χ0) is 11.0. The van der Waals surface area contributed by atoms with Gasteiger partial charge in [0.1, 0.15) is 25.4 Å². The third-order valence-corrected chi connectivity index (χ3v) is 1.21. The molecule has 4 N–H and O–H groups in total. The highest BCUT2D eigenvalue weighted by atomic mass is 16.7. The standard InChI is InChI=1S/C7H14O7/c8-1-5(10)3-13-7(12)14-4-6(11)2-9/h5-6,8-11H,1-4H2/t5-,6-/m0/s1. The second-order valence-electron chi connectivity index (χ2n) is 2.54. The van der Waals surface area contributed by atoms with Gasteiger partial charge in [-0.05, 0) is 0 Å². The molecule has 2 atom stereocenters. The van der Waals surface area contributed by atoms with Crippen molar-refractivity contribution < 1.29 is 34.7 Å². The predicted octanol–water partition coefficient (Wildman–Crippen LogP) is -2.15. The zero-order valence-electron chi connectivity index (χ0n) is 7.50. The van der Waals surface area contributed by atoms with Crippen LogP contribution in [0, 0.1) is 0 Å². The van der Waals surface area contributed by atoms with Gasteiger partial charge < -0.3 is 29.9 Å².